The van der Waals surface area contributed by atoms with Crippen molar-refractivity contribution in [2.24, 2.45) is 11.7 Å². The van der Waals surface area contributed by atoms with Crippen LogP contribution in [0.25, 0.3) is 11.5 Å². The quantitative estimate of drug-likeness (QED) is 0.419. The van der Waals surface area contributed by atoms with Gasteiger partial charge in [0.15, 0.2) is 29.1 Å². The predicted molar refractivity (Wildman–Crippen MR) is 123 cm³/mol. The maximum absolute atomic E-state index is 14.0. The van der Waals surface area contributed by atoms with Crippen LogP contribution >= 0.6 is 0 Å². The van der Waals surface area contributed by atoms with E-state index in [4.69, 9.17) is 24.4 Å². The molecule has 4 rings (SSSR count). The Labute approximate surface area is 205 Å². The first-order valence-electron chi connectivity index (χ1n) is 11.2. The molecule has 2 amide bonds. The molecule has 0 aliphatic heterocycles. The Bertz CT molecular complexity index is 1270. The van der Waals surface area contributed by atoms with E-state index in [1.165, 1.54) is 20.1 Å². The number of halogens is 2. The average molecular weight is 501 g/mol. The fourth-order valence-corrected chi connectivity index (χ4v) is 3.46. The third kappa shape index (κ3) is 5.91. The molecular formula is C25H25F2N3O6. The largest absolute Gasteiger partial charge is 0.493 e. The summed E-state index contributed by atoms with van der Waals surface area (Å²) in [7, 11) is 1.53. The summed E-state index contributed by atoms with van der Waals surface area (Å²) in [5, 5.41) is 2.52. The highest BCUT2D eigenvalue weighted by Crippen LogP contribution is 2.36. The van der Waals surface area contributed by atoms with Crippen molar-refractivity contribution >= 4 is 12.0 Å². The van der Waals surface area contributed by atoms with Gasteiger partial charge in [-0.15, -0.1) is 0 Å². The molecule has 2 aromatic carbocycles. The highest BCUT2D eigenvalue weighted by molar-refractivity contribution is 5.94. The number of oxazole rings is 1. The summed E-state index contributed by atoms with van der Waals surface area (Å²) in [6.07, 6.45) is 0.114. The number of methoxy groups -OCH3 is 1. The number of nitrogens with zero attached hydrogens (tertiary/aromatic N) is 1. The second-order valence-electron chi connectivity index (χ2n) is 8.35. The lowest BCUT2D eigenvalue weighted by Crippen LogP contribution is -2.26. The SMILES string of the molecule is COc1ccc(-c2nc(C(=O)NCc3ccc(F)cc3F)c(C(C)OC(N)=O)o2)cc1OCC1CC1. The lowest BCUT2D eigenvalue weighted by atomic mass is 10.2. The molecule has 1 unspecified atom stereocenters. The second-order valence-corrected chi connectivity index (χ2v) is 8.35. The number of nitrogens with two attached hydrogens (primary N) is 1. The summed E-state index contributed by atoms with van der Waals surface area (Å²) in [5.74, 6) is -0.736. The minimum absolute atomic E-state index is 0.0574. The standard InChI is InChI=1S/C25H25F2N3O6/c1-13(35-25(28)32)22-21(23(31)29-11-16-5-7-17(26)10-18(16)27)30-24(36-22)15-6-8-19(33-2)20(9-15)34-12-14-3-4-14/h5-10,13-14H,3-4,11-12H2,1-2H3,(H2,28,32)(H,29,31). The number of ether oxygens (including phenoxy) is 3. The van der Waals surface area contributed by atoms with E-state index in [1.54, 1.807) is 18.2 Å². The molecule has 1 saturated carbocycles. The Morgan fingerprint density at radius 1 is 1.19 bits per heavy atom. The van der Waals surface area contributed by atoms with Crippen molar-refractivity contribution in [3.63, 3.8) is 0 Å². The fraction of sp³-hybridized carbons (Fsp3) is 0.320. The first kappa shape index (κ1) is 25.0. The maximum atomic E-state index is 14.0. The monoisotopic (exact) mass is 501 g/mol. The highest BCUT2D eigenvalue weighted by atomic mass is 19.1. The van der Waals surface area contributed by atoms with Crippen molar-refractivity contribution in [1.82, 2.24) is 10.3 Å². The van der Waals surface area contributed by atoms with Crippen LogP contribution in [0.4, 0.5) is 13.6 Å². The Morgan fingerprint density at radius 2 is 1.97 bits per heavy atom. The Kier molecular flexibility index (Phi) is 7.37. The molecule has 3 aromatic rings. The van der Waals surface area contributed by atoms with Crippen LogP contribution in [0, 0.1) is 17.6 Å². The van der Waals surface area contributed by atoms with Gasteiger partial charge in [-0.05, 0) is 49.9 Å². The highest BCUT2D eigenvalue weighted by Gasteiger charge is 2.28. The van der Waals surface area contributed by atoms with Crippen LogP contribution in [0.3, 0.4) is 0 Å². The smallest absolute Gasteiger partial charge is 0.405 e. The van der Waals surface area contributed by atoms with E-state index in [1.807, 2.05) is 0 Å². The number of amides is 2. The number of rotatable bonds is 10. The van der Waals surface area contributed by atoms with E-state index < -0.39 is 29.7 Å². The maximum Gasteiger partial charge on any atom is 0.405 e. The zero-order valence-electron chi connectivity index (χ0n) is 19.7. The van der Waals surface area contributed by atoms with E-state index in [0.29, 0.717) is 29.6 Å². The predicted octanol–water partition coefficient (Wildman–Crippen LogP) is 4.50. The molecule has 1 aliphatic rings. The molecule has 9 nitrogen and oxygen atoms in total. The van der Waals surface area contributed by atoms with Crippen LogP contribution in [-0.2, 0) is 11.3 Å². The zero-order chi connectivity index (χ0) is 25.8. The summed E-state index contributed by atoms with van der Waals surface area (Å²) in [6, 6.07) is 8.05. The van der Waals surface area contributed by atoms with Crippen molar-refractivity contribution in [3.05, 3.63) is 65.1 Å². The molecule has 0 saturated heterocycles. The molecule has 0 spiro atoms. The molecule has 1 atom stereocenters. The van der Waals surface area contributed by atoms with Crippen molar-refractivity contribution < 1.29 is 37.0 Å². The number of benzene rings is 2. The van der Waals surface area contributed by atoms with Gasteiger partial charge in [-0.2, -0.15) is 0 Å². The van der Waals surface area contributed by atoms with Crippen molar-refractivity contribution in [3.8, 4) is 23.0 Å². The summed E-state index contributed by atoms with van der Waals surface area (Å²) < 4.78 is 49.2. The molecule has 0 radical (unpaired) electrons. The third-order valence-corrected chi connectivity index (χ3v) is 5.57. The molecule has 36 heavy (non-hydrogen) atoms. The van der Waals surface area contributed by atoms with Crippen LogP contribution in [0.15, 0.2) is 40.8 Å². The van der Waals surface area contributed by atoms with Crippen LogP contribution in [-0.4, -0.2) is 30.7 Å². The van der Waals surface area contributed by atoms with Crippen LogP contribution < -0.4 is 20.5 Å². The molecule has 1 aromatic heterocycles. The van der Waals surface area contributed by atoms with Gasteiger partial charge in [0.1, 0.15) is 11.6 Å². The molecule has 1 fully saturated rings. The van der Waals surface area contributed by atoms with Gasteiger partial charge in [0, 0.05) is 23.7 Å². The summed E-state index contributed by atoms with van der Waals surface area (Å²) in [6.45, 7) is 1.77. The van der Waals surface area contributed by atoms with Gasteiger partial charge in [0.05, 0.1) is 13.7 Å². The van der Waals surface area contributed by atoms with Crippen molar-refractivity contribution in [2.45, 2.75) is 32.4 Å². The van der Waals surface area contributed by atoms with Crippen molar-refractivity contribution in [2.75, 3.05) is 13.7 Å². The number of carbonyl (C=O) groups is 2. The first-order chi connectivity index (χ1) is 17.2. The lowest BCUT2D eigenvalue weighted by Gasteiger charge is -2.11. The van der Waals surface area contributed by atoms with E-state index in [9.17, 15) is 18.4 Å². The minimum atomic E-state index is -1.07. The number of carbonyl (C=O) groups excluding carboxylic acids is 2. The van der Waals surface area contributed by atoms with Gasteiger partial charge in [-0.25, -0.2) is 18.6 Å². The molecule has 1 aliphatic carbocycles. The van der Waals surface area contributed by atoms with Gasteiger partial charge in [0.25, 0.3) is 5.91 Å². The number of nitrogens with one attached hydrogen (secondary N) is 1. The van der Waals surface area contributed by atoms with Gasteiger partial charge in [-0.3, -0.25) is 4.79 Å². The number of hydrogen-bond donors (Lipinski definition) is 2. The Hall–Kier alpha value is -4.15. The molecular weight excluding hydrogens is 476 g/mol. The molecule has 0 bridgehead atoms. The van der Waals surface area contributed by atoms with Crippen LogP contribution in [0.5, 0.6) is 11.5 Å². The average Bonchev–Trinajstić information content (AvgIpc) is 3.56. The minimum Gasteiger partial charge on any atom is -0.493 e. The molecule has 1 heterocycles. The topological polar surface area (TPSA) is 126 Å². The van der Waals surface area contributed by atoms with Gasteiger partial charge >= 0.3 is 6.09 Å². The van der Waals surface area contributed by atoms with Gasteiger partial charge in [0.2, 0.25) is 5.89 Å². The van der Waals surface area contributed by atoms with Crippen molar-refractivity contribution in [1.29, 1.82) is 0 Å². The van der Waals surface area contributed by atoms with E-state index in [2.05, 4.69) is 10.3 Å². The molecule has 190 valence electrons. The van der Waals surface area contributed by atoms with Gasteiger partial charge in [-0.1, -0.05) is 6.07 Å². The summed E-state index contributed by atoms with van der Waals surface area (Å²) in [4.78, 5) is 28.6. The van der Waals surface area contributed by atoms with Crippen LogP contribution in [0.1, 0.15) is 47.7 Å². The Morgan fingerprint density at radius 3 is 2.64 bits per heavy atom. The van der Waals surface area contributed by atoms with E-state index in [0.717, 1.165) is 25.0 Å². The summed E-state index contributed by atoms with van der Waals surface area (Å²) in [5.41, 5.74) is 5.50. The van der Waals surface area contributed by atoms with Crippen LogP contribution in [0.2, 0.25) is 0 Å². The number of hydrogen-bond acceptors (Lipinski definition) is 7. The Balaban J connectivity index is 1.62. The number of aromatic nitrogens is 1. The summed E-state index contributed by atoms with van der Waals surface area (Å²) >= 11 is 0. The van der Waals surface area contributed by atoms with E-state index >= 15 is 0 Å². The zero-order valence-corrected chi connectivity index (χ0v) is 19.7. The molecule has 3 N–H and O–H groups in total. The normalized spacial score (nSPS) is 13.7. The number of primary amides is 1. The third-order valence-electron chi connectivity index (χ3n) is 5.57. The van der Waals surface area contributed by atoms with Gasteiger partial charge < -0.3 is 29.7 Å². The lowest BCUT2D eigenvalue weighted by molar-refractivity contribution is 0.0904. The first-order valence-corrected chi connectivity index (χ1v) is 11.2. The molecule has 11 heteroatoms. The fourth-order valence-electron chi connectivity index (χ4n) is 3.46. The second kappa shape index (κ2) is 10.6. The van der Waals surface area contributed by atoms with E-state index in [-0.39, 0.29) is 29.5 Å².